The number of aromatic carboxylic acids is 1. The molecule has 3 aromatic carbocycles. The lowest BCUT2D eigenvalue weighted by molar-refractivity contribution is -0.870. The fourth-order valence-electron chi connectivity index (χ4n) is 4.28. The topological polar surface area (TPSA) is 143 Å². The number of aliphatic hydroxyl groups is 1. The largest absolute Gasteiger partial charge is 0.478 e. The summed E-state index contributed by atoms with van der Waals surface area (Å²) in [6.07, 6.45) is 0. The van der Waals surface area contributed by atoms with Gasteiger partial charge in [-0.05, 0) is 35.7 Å². The van der Waals surface area contributed by atoms with Gasteiger partial charge in [-0.2, -0.15) is 4.98 Å². The minimum atomic E-state index is -1.02. The lowest BCUT2D eigenvalue weighted by atomic mass is 9.98. The van der Waals surface area contributed by atoms with Crippen molar-refractivity contribution < 1.29 is 28.8 Å². The van der Waals surface area contributed by atoms with Crippen molar-refractivity contribution in [3.8, 4) is 28.5 Å². The van der Waals surface area contributed by atoms with Crippen LogP contribution in [-0.4, -0.2) is 81.3 Å². The molecule has 0 aliphatic carbocycles. The second-order valence-electron chi connectivity index (χ2n) is 10.3. The number of likely N-dealkylation sites (N-methyl/N-ethyl adjacent to an activating group) is 1. The highest BCUT2D eigenvalue weighted by Crippen LogP contribution is 2.31. The second kappa shape index (κ2) is 12.6. The molecule has 0 amide bonds. The number of ether oxygens (including phenoxy) is 1. The highest BCUT2D eigenvalue weighted by Gasteiger charge is 2.19. The molecule has 0 aliphatic rings. The number of rotatable bonds is 9. The van der Waals surface area contributed by atoms with E-state index in [1.807, 2.05) is 55.5 Å². The number of nitrogens with one attached hydrogen (secondary N) is 1. The number of carboxylic acid groups (broad SMARTS) is 1. The van der Waals surface area contributed by atoms with Gasteiger partial charge >= 0.3 is 11.7 Å². The van der Waals surface area contributed by atoms with Crippen molar-refractivity contribution in [2.75, 3.05) is 40.9 Å². The highest BCUT2D eigenvalue weighted by molar-refractivity contribution is 6.01. The lowest BCUT2D eigenvalue weighted by Gasteiger charge is -2.21. The van der Waals surface area contributed by atoms with Crippen LogP contribution in [-0.2, 0) is 6.54 Å². The zero-order chi connectivity index (χ0) is 29.6. The smallest absolute Gasteiger partial charge is 0.439 e. The van der Waals surface area contributed by atoms with E-state index in [0.717, 1.165) is 33.3 Å². The third kappa shape index (κ3) is 7.07. The van der Waals surface area contributed by atoms with Crippen LogP contribution in [0, 0.1) is 0 Å². The molecule has 0 atom stereocenters. The van der Waals surface area contributed by atoms with Gasteiger partial charge in [0, 0.05) is 5.56 Å². The van der Waals surface area contributed by atoms with Gasteiger partial charge in [-0.15, -0.1) is 0 Å². The maximum Gasteiger partial charge on any atom is 0.439 e. The number of imidazole rings is 1. The molecule has 214 valence electrons. The molecule has 11 nitrogen and oxygen atoms in total. The zero-order valence-corrected chi connectivity index (χ0v) is 23.5. The number of quaternary nitrogens is 1. The number of H-pyrrole nitrogens is 1. The number of carboxylic acids is 1. The van der Waals surface area contributed by atoms with E-state index in [2.05, 4.69) is 40.8 Å². The number of hydrogen-bond donors (Lipinski definition) is 3. The van der Waals surface area contributed by atoms with Gasteiger partial charge in [0.2, 0.25) is 0 Å². The molecule has 2 heterocycles. The Morgan fingerprint density at radius 3 is 2.29 bits per heavy atom. The first-order chi connectivity index (χ1) is 19.6. The third-order valence-electron chi connectivity index (χ3n) is 6.23. The highest BCUT2D eigenvalue weighted by atomic mass is 16.5. The van der Waals surface area contributed by atoms with Gasteiger partial charge in [-0.3, -0.25) is 14.1 Å². The first-order valence-electron chi connectivity index (χ1n) is 13.1. The van der Waals surface area contributed by atoms with Crippen molar-refractivity contribution in [3.63, 3.8) is 0 Å². The van der Waals surface area contributed by atoms with E-state index in [-0.39, 0.29) is 12.2 Å². The van der Waals surface area contributed by atoms with Crippen LogP contribution < -0.4 is 10.5 Å². The maximum absolute atomic E-state index is 11.8. The van der Waals surface area contributed by atoms with Crippen LogP contribution in [0.2, 0.25) is 0 Å². The molecule has 0 saturated carbocycles. The van der Waals surface area contributed by atoms with Gasteiger partial charge in [-0.25, -0.2) is 9.59 Å². The number of aromatic nitrogens is 4. The molecule has 11 heteroatoms. The molecule has 0 spiro atoms. The Morgan fingerprint density at radius 1 is 1.02 bits per heavy atom. The summed E-state index contributed by atoms with van der Waals surface area (Å²) >= 11 is 0. The van der Waals surface area contributed by atoms with E-state index in [1.54, 1.807) is 22.8 Å². The van der Waals surface area contributed by atoms with Crippen LogP contribution in [0.25, 0.3) is 33.5 Å². The Kier molecular flexibility index (Phi) is 9.00. The summed E-state index contributed by atoms with van der Waals surface area (Å²) in [6.45, 7) is 3.76. The van der Waals surface area contributed by atoms with Crippen LogP contribution in [0.15, 0.2) is 76.0 Å². The van der Waals surface area contributed by atoms with E-state index in [0.29, 0.717) is 36.0 Å². The van der Waals surface area contributed by atoms with Gasteiger partial charge in [0.25, 0.3) is 6.01 Å². The van der Waals surface area contributed by atoms with Crippen LogP contribution in [0.5, 0.6) is 6.01 Å². The quantitative estimate of drug-likeness (QED) is 0.231. The van der Waals surface area contributed by atoms with Crippen LogP contribution >= 0.6 is 0 Å². The molecule has 41 heavy (non-hydrogen) atoms. The number of hydrogen-bond acceptors (Lipinski definition) is 7. The summed E-state index contributed by atoms with van der Waals surface area (Å²) in [5.41, 5.74) is 4.74. The molecule has 2 aromatic heterocycles. The molecule has 0 fully saturated rings. The predicted octanol–water partition coefficient (Wildman–Crippen LogP) is 3.88. The Balaban J connectivity index is 0.000000493. The van der Waals surface area contributed by atoms with Gasteiger partial charge in [0.15, 0.2) is 5.82 Å². The molecular weight excluding hydrogens is 526 g/mol. The van der Waals surface area contributed by atoms with E-state index in [4.69, 9.17) is 9.84 Å². The minimum Gasteiger partial charge on any atom is -0.478 e. The number of nitrogens with zero attached hydrogens (tertiary/aromatic N) is 4. The summed E-state index contributed by atoms with van der Waals surface area (Å²) in [6, 6.07) is 20.8. The normalized spacial score (nSPS) is 11.2. The third-order valence-corrected chi connectivity index (χ3v) is 6.23. The molecule has 0 saturated heterocycles. The number of aliphatic hydroxyl groups excluding tert-OH is 1. The molecular formula is C30H34N5O6+. The second-order valence-corrected chi connectivity index (χ2v) is 10.3. The molecule has 0 bridgehead atoms. The lowest BCUT2D eigenvalue weighted by Crippen LogP contribution is -2.36. The fraction of sp³-hybridized carbons (Fsp3) is 0.267. The van der Waals surface area contributed by atoms with Crippen molar-refractivity contribution in [2.45, 2.75) is 13.5 Å². The molecule has 5 aromatic rings. The van der Waals surface area contributed by atoms with Gasteiger partial charge in [0.05, 0.1) is 57.5 Å². The molecule has 3 N–H and O–H groups in total. The Labute approximate surface area is 236 Å². The van der Waals surface area contributed by atoms with Gasteiger partial charge < -0.3 is 19.4 Å². The van der Waals surface area contributed by atoms with Crippen molar-refractivity contribution >= 4 is 17.0 Å². The average Bonchev–Trinajstić information content (AvgIpc) is 3.52. The van der Waals surface area contributed by atoms with Crippen molar-refractivity contribution in [2.24, 2.45) is 0 Å². The minimum absolute atomic E-state index is 0.170. The Morgan fingerprint density at radius 2 is 1.73 bits per heavy atom. The number of para-hydroxylation sites is 1. The van der Waals surface area contributed by atoms with E-state index in [1.165, 1.54) is 0 Å². The molecule has 5 rings (SSSR count). The predicted molar refractivity (Wildman–Crippen MR) is 155 cm³/mol. The van der Waals surface area contributed by atoms with Crippen molar-refractivity contribution in [3.05, 3.63) is 88.4 Å². The van der Waals surface area contributed by atoms with Crippen molar-refractivity contribution in [1.29, 1.82) is 0 Å². The first kappa shape index (κ1) is 29.2. The standard InChI is InChI=1S/C25H20N4O5.C5H14NO/c1-2-33-24-26-20-9-5-8-19(23(30)31)21(20)29(24)14-15-10-12-16(13-11-15)17-6-3-4-7-18(17)22-27-25(32)34-28-22;1-6(2,3)4-5-7/h3-13H,2,14H2,1H3,(H,30,31)(H,27,28,32);7H,4-5H2,1-3H3/q;+1. The van der Waals surface area contributed by atoms with E-state index >= 15 is 0 Å². The summed E-state index contributed by atoms with van der Waals surface area (Å²) in [4.78, 5) is 30.3. The number of fused-ring (bicyclic) bond motifs is 1. The van der Waals surface area contributed by atoms with Gasteiger partial charge in [0.1, 0.15) is 6.54 Å². The SMILES string of the molecule is CCOc1nc2cccc(C(=O)O)c2n1Cc1ccc(-c2ccccc2-c2noc(=O)[nH]2)cc1.C[N+](C)(C)CCO. The van der Waals surface area contributed by atoms with Crippen LogP contribution in [0.1, 0.15) is 22.8 Å². The fourth-order valence-corrected chi connectivity index (χ4v) is 4.28. The average molecular weight is 561 g/mol. The number of carbonyl (C=O) groups is 1. The first-order valence-corrected chi connectivity index (χ1v) is 13.1. The molecule has 0 unspecified atom stereocenters. The summed E-state index contributed by atoms with van der Waals surface area (Å²) in [5.74, 6) is -1.27. The van der Waals surface area contributed by atoms with Crippen molar-refractivity contribution in [1.82, 2.24) is 19.7 Å². The van der Waals surface area contributed by atoms with E-state index in [9.17, 15) is 14.7 Å². The Hall–Kier alpha value is -4.74. The Bertz CT molecular complexity index is 1680. The van der Waals surface area contributed by atoms with Crippen LogP contribution in [0.3, 0.4) is 0 Å². The summed E-state index contributed by atoms with van der Waals surface area (Å²) in [7, 11) is 6.16. The maximum atomic E-state index is 11.8. The number of aromatic amines is 1. The van der Waals surface area contributed by atoms with E-state index < -0.39 is 11.7 Å². The zero-order valence-electron chi connectivity index (χ0n) is 23.5. The van der Waals surface area contributed by atoms with Gasteiger partial charge in [-0.1, -0.05) is 59.8 Å². The monoisotopic (exact) mass is 560 g/mol. The number of benzene rings is 3. The summed E-state index contributed by atoms with van der Waals surface area (Å²) in [5, 5.41) is 21.9. The molecule has 0 radical (unpaired) electrons. The van der Waals surface area contributed by atoms with Crippen LogP contribution in [0.4, 0.5) is 0 Å². The summed E-state index contributed by atoms with van der Waals surface area (Å²) < 4.78 is 13.0. The molecule has 0 aliphatic heterocycles.